The molecule has 2 amide bonds. The van der Waals surface area contributed by atoms with Crippen LogP contribution in [-0.2, 0) is 4.74 Å². The van der Waals surface area contributed by atoms with Crippen LogP contribution in [-0.4, -0.2) is 77.7 Å². The number of piperazine rings is 1. The number of carbonyl (C=O) groups excluding carboxylic acids is 1. The predicted octanol–water partition coefficient (Wildman–Crippen LogP) is 0.495. The molecule has 1 aliphatic heterocycles. The number of pyridine rings is 1. The highest BCUT2D eigenvalue weighted by Gasteiger charge is 2.23. The fourth-order valence-corrected chi connectivity index (χ4v) is 2.60. The number of halogens is 1. The summed E-state index contributed by atoms with van der Waals surface area (Å²) in [7, 11) is 0. The molecule has 1 saturated heterocycles. The van der Waals surface area contributed by atoms with E-state index in [0.717, 1.165) is 0 Å². The third kappa shape index (κ3) is 5.27. The molecule has 26 heavy (non-hydrogen) atoms. The first kappa shape index (κ1) is 19.9. The minimum absolute atomic E-state index is 0.0682. The van der Waals surface area contributed by atoms with Gasteiger partial charge in [0.25, 0.3) is 5.91 Å². The Morgan fingerprint density at radius 3 is 2.62 bits per heavy atom. The number of hydrogen-bond donors (Lipinski definition) is 3. The van der Waals surface area contributed by atoms with Gasteiger partial charge in [0, 0.05) is 45.8 Å². The summed E-state index contributed by atoms with van der Waals surface area (Å²) in [5.74, 6) is -1.33. The number of anilines is 1. The summed E-state index contributed by atoms with van der Waals surface area (Å²) in [6.45, 7) is 3.54. The SMILES string of the molecule is CCOC(O)CCNC(=O)c1ccc(N2CCN(C(=O)O)CC2)c(F)n1. The van der Waals surface area contributed by atoms with E-state index >= 15 is 0 Å². The van der Waals surface area contributed by atoms with Gasteiger partial charge in [-0.2, -0.15) is 4.39 Å². The number of carbonyl (C=O) groups is 2. The maximum Gasteiger partial charge on any atom is 0.407 e. The van der Waals surface area contributed by atoms with Crippen molar-refractivity contribution >= 4 is 17.7 Å². The zero-order chi connectivity index (χ0) is 19.1. The van der Waals surface area contributed by atoms with Crippen molar-refractivity contribution in [1.29, 1.82) is 0 Å². The Bertz CT molecular complexity index is 637. The maximum absolute atomic E-state index is 14.3. The molecule has 0 radical (unpaired) electrons. The molecule has 9 nitrogen and oxygen atoms in total. The van der Waals surface area contributed by atoms with E-state index in [-0.39, 0.29) is 37.4 Å². The molecule has 3 N–H and O–H groups in total. The van der Waals surface area contributed by atoms with Gasteiger partial charge in [0.2, 0.25) is 5.95 Å². The molecular weight excluding hydrogens is 347 g/mol. The second kappa shape index (κ2) is 9.30. The van der Waals surface area contributed by atoms with Crippen LogP contribution in [0.3, 0.4) is 0 Å². The summed E-state index contributed by atoms with van der Waals surface area (Å²) in [5.41, 5.74) is 0.166. The molecule has 0 saturated carbocycles. The summed E-state index contributed by atoms with van der Waals surface area (Å²) < 4.78 is 19.2. The van der Waals surface area contributed by atoms with E-state index < -0.39 is 24.2 Å². The van der Waals surface area contributed by atoms with E-state index in [1.165, 1.54) is 17.0 Å². The van der Waals surface area contributed by atoms with Crippen molar-refractivity contribution in [2.24, 2.45) is 0 Å². The summed E-state index contributed by atoms with van der Waals surface area (Å²) in [6.07, 6.45) is -1.74. The van der Waals surface area contributed by atoms with Crippen molar-refractivity contribution in [2.75, 3.05) is 44.2 Å². The van der Waals surface area contributed by atoms with Crippen LogP contribution in [0, 0.1) is 5.95 Å². The largest absolute Gasteiger partial charge is 0.465 e. The lowest BCUT2D eigenvalue weighted by molar-refractivity contribution is -0.0973. The third-order valence-electron chi connectivity index (χ3n) is 3.99. The summed E-state index contributed by atoms with van der Waals surface area (Å²) >= 11 is 0. The van der Waals surface area contributed by atoms with Crippen LogP contribution in [0.5, 0.6) is 0 Å². The minimum atomic E-state index is -0.996. The summed E-state index contributed by atoms with van der Waals surface area (Å²) in [4.78, 5) is 29.5. The lowest BCUT2D eigenvalue weighted by atomic mass is 10.2. The number of nitrogens with one attached hydrogen (secondary N) is 1. The van der Waals surface area contributed by atoms with Gasteiger partial charge in [-0.05, 0) is 19.1 Å². The van der Waals surface area contributed by atoms with E-state index in [0.29, 0.717) is 19.7 Å². The van der Waals surface area contributed by atoms with E-state index in [1.807, 2.05) is 0 Å². The minimum Gasteiger partial charge on any atom is -0.465 e. The van der Waals surface area contributed by atoms with Gasteiger partial charge in [0.15, 0.2) is 6.29 Å². The molecule has 2 heterocycles. The van der Waals surface area contributed by atoms with Crippen LogP contribution in [0.1, 0.15) is 23.8 Å². The number of hydrogen-bond acceptors (Lipinski definition) is 6. The molecule has 1 aromatic rings. The molecule has 0 aromatic carbocycles. The molecule has 0 aliphatic carbocycles. The molecule has 2 rings (SSSR count). The quantitative estimate of drug-likeness (QED) is 0.473. The lowest BCUT2D eigenvalue weighted by Gasteiger charge is -2.34. The number of nitrogens with zero attached hydrogens (tertiary/aromatic N) is 3. The van der Waals surface area contributed by atoms with Gasteiger partial charge in [-0.3, -0.25) is 4.79 Å². The Morgan fingerprint density at radius 2 is 2.04 bits per heavy atom. The number of carboxylic acid groups (broad SMARTS) is 1. The van der Waals surface area contributed by atoms with Crippen LogP contribution in [0.25, 0.3) is 0 Å². The number of amides is 2. The first-order valence-electron chi connectivity index (χ1n) is 8.39. The molecule has 10 heteroatoms. The molecule has 1 atom stereocenters. The van der Waals surface area contributed by atoms with Crippen molar-refractivity contribution < 1.29 is 28.9 Å². The predicted molar refractivity (Wildman–Crippen MR) is 90.6 cm³/mol. The number of aliphatic hydroxyl groups excluding tert-OH is 1. The van der Waals surface area contributed by atoms with Gasteiger partial charge in [0.05, 0.1) is 5.69 Å². The molecule has 144 valence electrons. The fraction of sp³-hybridized carbons (Fsp3) is 0.562. The molecule has 0 spiro atoms. The molecule has 1 aliphatic rings. The van der Waals surface area contributed by atoms with E-state index in [2.05, 4.69) is 10.3 Å². The second-order valence-electron chi connectivity index (χ2n) is 5.72. The van der Waals surface area contributed by atoms with Gasteiger partial charge in [-0.25, -0.2) is 9.78 Å². The Hall–Kier alpha value is -2.46. The van der Waals surface area contributed by atoms with E-state index in [1.54, 1.807) is 11.8 Å². The van der Waals surface area contributed by atoms with E-state index in [4.69, 9.17) is 9.84 Å². The average molecular weight is 370 g/mol. The molecule has 1 aromatic heterocycles. The Morgan fingerprint density at radius 1 is 1.35 bits per heavy atom. The van der Waals surface area contributed by atoms with Gasteiger partial charge >= 0.3 is 6.09 Å². The highest BCUT2D eigenvalue weighted by atomic mass is 19.1. The first-order valence-corrected chi connectivity index (χ1v) is 8.39. The number of ether oxygens (including phenoxy) is 1. The highest BCUT2D eigenvalue weighted by Crippen LogP contribution is 2.20. The fourth-order valence-electron chi connectivity index (χ4n) is 2.60. The lowest BCUT2D eigenvalue weighted by Crippen LogP contribution is -2.48. The molecule has 1 unspecified atom stereocenters. The molecular formula is C16H23FN4O5. The Kier molecular flexibility index (Phi) is 7.10. The zero-order valence-corrected chi connectivity index (χ0v) is 14.5. The van der Waals surface area contributed by atoms with Crippen molar-refractivity contribution in [3.05, 3.63) is 23.8 Å². The van der Waals surface area contributed by atoms with Gasteiger partial charge in [0.1, 0.15) is 5.69 Å². The van der Waals surface area contributed by atoms with Crippen molar-refractivity contribution in [3.63, 3.8) is 0 Å². The number of rotatable bonds is 7. The zero-order valence-electron chi connectivity index (χ0n) is 14.5. The number of aliphatic hydroxyl groups is 1. The van der Waals surface area contributed by atoms with Crippen LogP contribution < -0.4 is 10.2 Å². The maximum atomic E-state index is 14.3. The van der Waals surface area contributed by atoms with Crippen molar-refractivity contribution in [3.8, 4) is 0 Å². The van der Waals surface area contributed by atoms with Crippen molar-refractivity contribution in [2.45, 2.75) is 19.6 Å². The van der Waals surface area contributed by atoms with Crippen LogP contribution in [0.15, 0.2) is 12.1 Å². The monoisotopic (exact) mass is 370 g/mol. The smallest absolute Gasteiger partial charge is 0.407 e. The number of aromatic nitrogens is 1. The summed E-state index contributed by atoms with van der Waals surface area (Å²) in [5, 5.41) is 20.9. The Labute approximate surface area is 150 Å². The highest BCUT2D eigenvalue weighted by molar-refractivity contribution is 5.92. The van der Waals surface area contributed by atoms with Crippen LogP contribution in [0.2, 0.25) is 0 Å². The van der Waals surface area contributed by atoms with Crippen molar-refractivity contribution in [1.82, 2.24) is 15.2 Å². The second-order valence-corrected chi connectivity index (χ2v) is 5.72. The van der Waals surface area contributed by atoms with Gasteiger partial charge in [-0.1, -0.05) is 0 Å². The first-order chi connectivity index (χ1) is 12.4. The summed E-state index contributed by atoms with van der Waals surface area (Å²) in [6, 6.07) is 2.87. The Balaban J connectivity index is 1.90. The third-order valence-corrected chi connectivity index (χ3v) is 3.99. The van der Waals surface area contributed by atoms with Gasteiger partial charge < -0.3 is 30.1 Å². The van der Waals surface area contributed by atoms with Crippen LogP contribution in [0.4, 0.5) is 14.9 Å². The molecule has 0 bridgehead atoms. The molecule has 1 fully saturated rings. The average Bonchev–Trinajstić information content (AvgIpc) is 2.62. The van der Waals surface area contributed by atoms with Crippen LogP contribution >= 0.6 is 0 Å². The normalized spacial score (nSPS) is 15.7. The topological polar surface area (TPSA) is 115 Å². The standard InChI is InChI=1S/C16H23FN4O5/c1-2-26-13(22)5-6-18-15(23)11-3-4-12(14(17)19-11)20-7-9-21(10-8-20)16(24)25/h3-4,13,22H,2,5-10H2,1H3,(H,18,23)(H,24,25). The van der Waals surface area contributed by atoms with Gasteiger partial charge in [-0.15, -0.1) is 0 Å². The van der Waals surface area contributed by atoms with E-state index in [9.17, 15) is 19.1 Å².